The van der Waals surface area contributed by atoms with Crippen molar-refractivity contribution in [3.8, 4) is 28.7 Å². The van der Waals surface area contributed by atoms with Crippen LogP contribution < -0.4 is 9.47 Å². The molecule has 1 atom stereocenters. The molecule has 24 heavy (non-hydrogen) atoms. The van der Waals surface area contributed by atoms with Gasteiger partial charge in [0.1, 0.15) is 23.4 Å². The lowest BCUT2D eigenvalue weighted by Crippen LogP contribution is -2.18. The molecule has 1 unspecified atom stereocenters. The zero-order valence-electron chi connectivity index (χ0n) is 14.1. The van der Waals surface area contributed by atoms with Crippen molar-refractivity contribution in [1.29, 1.82) is 0 Å². The molecule has 0 aliphatic heterocycles. The third-order valence-corrected chi connectivity index (χ3v) is 3.29. The van der Waals surface area contributed by atoms with Crippen LogP contribution in [0.3, 0.4) is 0 Å². The second-order valence-corrected chi connectivity index (χ2v) is 5.61. The molecule has 0 saturated heterocycles. The molecule has 2 aromatic carbocycles. The third-order valence-electron chi connectivity index (χ3n) is 3.29. The number of benzene rings is 2. The molecule has 0 aliphatic carbocycles. The van der Waals surface area contributed by atoms with Gasteiger partial charge in [-0.1, -0.05) is 12.2 Å². The van der Waals surface area contributed by atoms with E-state index in [0.29, 0.717) is 23.9 Å². The Bertz CT molecular complexity index is 724. The molecular formula is C19H22O5. The van der Waals surface area contributed by atoms with Gasteiger partial charge >= 0.3 is 0 Å². The lowest BCUT2D eigenvalue weighted by atomic mass is 10.1. The van der Waals surface area contributed by atoms with Crippen LogP contribution in [0.5, 0.6) is 28.7 Å². The number of methoxy groups -OCH3 is 1. The standard InChI is InChI=1S/C19H22O5/c1-12(2)14-7-16(23-13(3)11-22-4)9-17(8-14)24-15-5-6-18(20)19(21)10-15/h5-10,13,20-21H,1,11H2,2-4H3. The Labute approximate surface area is 141 Å². The SMILES string of the molecule is C=C(C)c1cc(Oc2ccc(O)c(O)c2)cc(OC(C)COC)c1. The van der Waals surface area contributed by atoms with E-state index in [4.69, 9.17) is 14.2 Å². The molecule has 2 N–H and O–H groups in total. The second kappa shape index (κ2) is 7.75. The van der Waals surface area contributed by atoms with Crippen LogP contribution in [-0.4, -0.2) is 30.0 Å². The van der Waals surface area contributed by atoms with Crippen molar-refractivity contribution in [2.24, 2.45) is 0 Å². The van der Waals surface area contributed by atoms with E-state index in [1.807, 2.05) is 26.0 Å². The fourth-order valence-electron chi connectivity index (χ4n) is 2.15. The van der Waals surface area contributed by atoms with E-state index >= 15 is 0 Å². The maximum absolute atomic E-state index is 9.57. The smallest absolute Gasteiger partial charge is 0.161 e. The predicted octanol–water partition coefficient (Wildman–Crippen LogP) is 4.34. The first-order valence-corrected chi connectivity index (χ1v) is 7.55. The molecule has 0 radical (unpaired) electrons. The van der Waals surface area contributed by atoms with E-state index < -0.39 is 0 Å². The van der Waals surface area contributed by atoms with Gasteiger partial charge in [0, 0.05) is 19.2 Å². The number of hydrogen-bond acceptors (Lipinski definition) is 5. The number of aromatic hydroxyl groups is 2. The van der Waals surface area contributed by atoms with Crippen molar-refractivity contribution in [2.75, 3.05) is 13.7 Å². The molecule has 0 spiro atoms. The summed E-state index contributed by atoms with van der Waals surface area (Å²) >= 11 is 0. The fraction of sp³-hybridized carbons (Fsp3) is 0.263. The van der Waals surface area contributed by atoms with Gasteiger partial charge in [0.05, 0.1) is 6.61 Å². The van der Waals surface area contributed by atoms with Crippen LogP contribution in [0.1, 0.15) is 19.4 Å². The number of allylic oxidation sites excluding steroid dienone is 1. The van der Waals surface area contributed by atoms with E-state index in [0.717, 1.165) is 11.1 Å². The summed E-state index contributed by atoms with van der Waals surface area (Å²) in [6, 6.07) is 9.75. The van der Waals surface area contributed by atoms with Gasteiger partial charge in [-0.05, 0) is 43.7 Å². The van der Waals surface area contributed by atoms with Crippen molar-refractivity contribution >= 4 is 5.57 Å². The van der Waals surface area contributed by atoms with Crippen LogP contribution in [-0.2, 0) is 4.74 Å². The summed E-state index contributed by atoms with van der Waals surface area (Å²) in [6.45, 7) is 8.23. The van der Waals surface area contributed by atoms with Crippen molar-refractivity contribution in [3.05, 3.63) is 48.5 Å². The van der Waals surface area contributed by atoms with Gasteiger partial charge in [0.2, 0.25) is 0 Å². The number of phenolic OH excluding ortho intramolecular Hbond substituents is 2. The average Bonchev–Trinajstić information content (AvgIpc) is 2.51. The molecule has 0 bridgehead atoms. The monoisotopic (exact) mass is 330 g/mol. The highest BCUT2D eigenvalue weighted by Gasteiger charge is 2.10. The third kappa shape index (κ3) is 4.67. The van der Waals surface area contributed by atoms with Crippen LogP contribution in [0.2, 0.25) is 0 Å². The van der Waals surface area contributed by atoms with Gasteiger partial charge in [-0.25, -0.2) is 0 Å². The molecule has 128 valence electrons. The van der Waals surface area contributed by atoms with Crippen molar-refractivity contribution < 1.29 is 24.4 Å². The summed E-state index contributed by atoms with van der Waals surface area (Å²) in [5.41, 5.74) is 1.76. The van der Waals surface area contributed by atoms with Crippen molar-refractivity contribution in [3.63, 3.8) is 0 Å². The number of rotatable bonds is 7. The van der Waals surface area contributed by atoms with Crippen molar-refractivity contribution in [2.45, 2.75) is 20.0 Å². The summed E-state index contributed by atoms with van der Waals surface area (Å²) in [6.07, 6.45) is -0.110. The molecular weight excluding hydrogens is 308 g/mol. The average molecular weight is 330 g/mol. The summed E-state index contributed by atoms with van der Waals surface area (Å²) in [5.74, 6) is 1.14. The Hall–Kier alpha value is -2.66. The predicted molar refractivity (Wildman–Crippen MR) is 93.0 cm³/mol. The summed E-state index contributed by atoms with van der Waals surface area (Å²) < 4.78 is 16.7. The highest BCUT2D eigenvalue weighted by atomic mass is 16.5. The molecule has 2 rings (SSSR count). The molecule has 0 aromatic heterocycles. The highest BCUT2D eigenvalue weighted by molar-refractivity contribution is 5.65. The maximum Gasteiger partial charge on any atom is 0.161 e. The summed E-state index contributed by atoms with van der Waals surface area (Å²) in [5, 5.41) is 18.9. The lowest BCUT2D eigenvalue weighted by molar-refractivity contribution is 0.0919. The topological polar surface area (TPSA) is 68.2 Å². The molecule has 0 saturated carbocycles. The van der Waals surface area contributed by atoms with E-state index in [9.17, 15) is 10.2 Å². The molecule has 5 heteroatoms. The first-order valence-electron chi connectivity index (χ1n) is 7.55. The Morgan fingerprint density at radius 2 is 1.75 bits per heavy atom. The van der Waals surface area contributed by atoms with Gasteiger partial charge in [-0.2, -0.15) is 0 Å². The Morgan fingerprint density at radius 3 is 2.38 bits per heavy atom. The van der Waals surface area contributed by atoms with E-state index in [1.165, 1.54) is 12.1 Å². The second-order valence-electron chi connectivity index (χ2n) is 5.61. The lowest BCUT2D eigenvalue weighted by Gasteiger charge is -2.16. The minimum Gasteiger partial charge on any atom is -0.504 e. The zero-order valence-corrected chi connectivity index (χ0v) is 14.1. The van der Waals surface area contributed by atoms with Gasteiger partial charge in [0.25, 0.3) is 0 Å². The Balaban J connectivity index is 2.28. The number of ether oxygens (including phenoxy) is 3. The normalized spacial score (nSPS) is 11.8. The first-order chi connectivity index (χ1) is 11.4. The molecule has 0 aliphatic rings. The molecule has 2 aromatic rings. The largest absolute Gasteiger partial charge is 0.504 e. The van der Waals surface area contributed by atoms with Crippen LogP contribution in [0.4, 0.5) is 0 Å². The van der Waals surface area contributed by atoms with Gasteiger partial charge < -0.3 is 24.4 Å². The molecule has 5 nitrogen and oxygen atoms in total. The highest BCUT2D eigenvalue weighted by Crippen LogP contribution is 2.34. The summed E-state index contributed by atoms with van der Waals surface area (Å²) in [7, 11) is 1.62. The van der Waals surface area contributed by atoms with Gasteiger partial charge in [-0.3, -0.25) is 0 Å². The van der Waals surface area contributed by atoms with Gasteiger partial charge in [-0.15, -0.1) is 0 Å². The molecule has 0 fully saturated rings. The first kappa shape index (κ1) is 17.7. The minimum atomic E-state index is -0.242. The van der Waals surface area contributed by atoms with E-state index in [1.54, 1.807) is 19.2 Å². The van der Waals surface area contributed by atoms with Crippen LogP contribution in [0, 0.1) is 0 Å². The maximum atomic E-state index is 9.57. The quantitative estimate of drug-likeness (QED) is 0.739. The van der Waals surface area contributed by atoms with Crippen LogP contribution in [0.15, 0.2) is 43.0 Å². The van der Waals surface area contributed by atoms with Crippen LogP contribution >= 0.6 is 0 Å². The number of phenols is 2. The zero-order chi connectivity index (χ0) is 17.7. The minimum absolute atomic E-state index is 0.110. The van der Waals surface area contributed by atoms with Crippen molar-refractivity contribution in [1.82, 2.24) is 0 Å². The number of hydrogen-bond donors (Lipinski definition) is 2. The Morgan fingerprint density at radius 1 is 1.04 bits per heavy atom. The molecule has 0 amide bonds. The fourth-order valence-corrected chi connectivity index (χ4v) is 2.15. The van der Waals surface area contributed by atoms with E-state index in [-0.39, 0.29) is 17.6 Å². The Kier molecular flexibility index (Phi) is 5.71. The van der Waals surface area contributed by atoms with E-state index in [2.05, 4.69) is 6.58 Å². The van der Waals surface area contributed by atoms with Gasteiger partial charge in [0.15, 0.2) is 11.5 Å². The summed E-state index contributed by atoms with van der Waals surface area (Å²) in [4.78, 5) is 0. The molecule has 0 heterocycles. The van der Waals surface area contributed by atoms with Crippen LogP contribution in [0.25, 0.3) is 5.57 Å².